The number of ether oxygens (including phenoxy) is 2. The van der Waals surface area contributed by atoms with Gasteiger partial charge in [-0.05, 0) is 31.6 Å². The molecule has 1 aliphatic heterocycles. The molecule has 1 saturated carbocycles. The van der Waals surface area contributed by atoms with Gasteiger partial charge in [0.2, 0.25) is 0 Å². The van der Waals surface area contributed by atoms with Crippen molar-refractivity contribution in [1.29, 1.82) is 0 Å². The Labute approximate surface area is 102 Å². The Hall–Kier alpha value is -0.820. The van der Waals surface area contributed by atoms with Gasteiger partial charge < -0.3 is 9.84 Å². The van der Waals surface area contributed by atoms with Gasteiger partial charge in [0.25, 0.3) is 0 Å². The summed E-state index contributed by atoms with van der Waals surface area (Å²) >= 11 is 0. The van der Waals surface area contributed by atoms with Gasteiger partial charge in [0.1, 0.15) is 0 Å². The summed E-state index contributed by atoms with van der Waals surface area (Å²) in [6.07, 6.45) is -3.31. The number of aliphatic carboxylic acids is 1. The lowest BCUT2D eigenvalue weighted by Gasteiger charge is -2.29. The molecular formula is C11H15F3O4. The molecule has 2 rings (SSSR count). The van der Waals surface area contributed by atoms with Crippen LogP contribution in [-0.4, -0.2) is 36.8 Å². The number of carboxylic acid groups (broad SMARTS) is 1. The highest BCUT2D eigenvalue weighted by molar-refractivity contribution is 5.76. The molecule has 0 radical (unpaired) electrons. The minimum absolute atomic E-state index is 0.164. The van der Waals surface area contributed by atoms with E-state index in [-0.39, 0.29) is 18.8 Å². The number of carboxylic acids is 1. The van der Waals surface area contributed by atoms with E-state index in [1.807, 2.05) is 0 Å². The van der Waals surface area contributed by atoms with Gasteiger partial charge in [-0.2, -0.15) is 0 Å². The second-order valence-electron chi connectivity index (χ2n) is 4.88. The first kappa shape index (κ1) is 13.6. The summed E-state index contributed by atoms with van der Waals surface area (Å²) in [7, 11) is 0. The molecule has 0 aromatic rings. The smallest absolute Gasteiger partial charge is 0.481 e. The molecular weight excluding hydrogens is 253 g/mol. The van der Waals surface area contributed by atoms with Crippen molar-refractivity contribution in [2.75, 3.05) is 13.2 Å². The Balaban J connectivity index is 2.00. The van der Waals surface area contributed by atoms with E-state index in [9.17, 15) is 23.1 Å². The second kappa shape index (κ2) is 4.70. The van der Waals surface area contributed by atoms with E-state index in [1.165, 1.54) is 0 Å². The predicted molar refractivity (Wildman–Crippen MR) is 53.8 cm³/mol. The van der Waals surface area contributed by atoms with Crippen LogP contribution < -0.4 is 0 Å². The maximum Gasteiger partial charge on any atom is 0.522 e. The number of halogens is 3. The third kappa shape index (κ3) is 2.77. The minimum atomic E-state index is -4.71. The lowest BCUT2D eigenvalue weighted by atomic mass is 9.76. The van der Waals surface area contributed by atoms with Crippen molar-refractivity contribution in [1.82, 2.24) is 0 Å². The maximum absolute atomic E-state index is 11.9. The fourth-order valence-corrected chi connectivity index (χ4v) is 2.61. The number of rotatable bonds is 5. The maximum atomic E-state index is 11.9. The largest absolute Gasteiger partial charge is 0.522 e. The second-order valence-corrected chi connectivity index (χ2v) is 4.88. The van der Waals surface area contributed by atoms with Gasteiger partial charge in [-0.3, -0.25) is 9.53 Å². The van der Waals surface area contributed by atoms with E-state index >= 15 is 0 Å². The Bertz CT molecular complexity index is 327. The van der Waals surface area contributed by atoms with E-state index < -0.39 is 30.5 Å². The zero-order valence-electron chi connectivity index (χ0n) is 9.70. The molecule has 18 heavy (non-hydrogen) atoms. The quantitative estimate of drug-likeness (QED) is 0.830. The summed E-state index contributed by atoms with van der Waals surface area (Å²) in [6, 6.07) is 0. The van der Waals surface area contributed by atoms with Crippen molar-refractivity contribution in [2.24, 2.45) is 11.3 Å². The van der Waals surface area contributed by atoms with Crippen LogP contribution in [0.1, 0.15) is 25.7 Å². The van der Waals surface area contributed by atoms with Crippen molar-refractivity contribution in [2.45, 2.75) is 38.1 Å². The topological polar surface area (TPSA) is 55.8 Å². The van der Waals surface area contributed by atoms with Crippen LogP contribution in [0.15, 0.2) is 0 Å². The molecule has 2 aliphatic rings. The normalized spacial score (nSPS) is 32.7. The molecule has 1 N–H and O–H groups in total. The summed E-state index contributed by atoms with van der Waals surface area (Å²) < 4.78 is 44.9. The van der Waals surface area contributed by atoms with Crippen LogP contribution in [0.5, 0.6) is 0 Å². The van der Waals surface area contributed by atoms with Crippen LogP contribution in [0.4, 0.5) is 13.2 Å². The first-order chi connectivity index (χ1) is 8.35. The molecule has 1 aliphatic carbocycles. The SMILES string of the molecule is O=C(O)C1(CCOC(F)(F)F)CCOC1C1CC1. The third-order valence-electron chi connectivity index (χ3n) is 3.68. The molecule has 0 aromatic carbocycles. The summed E-state index contributed by atoms with van der Waals surface area (Å²) in [5, 5.41) is 9.32. The number of hydrogen-bond donors (Lipinski definition) is 1. The number of hydrogen-bond acceptors (Lipinski definition) is 3. The molecule has 7 heteroatoms. The van der Waals surface area contributed by atoms with Crippen molar-refractivity contribution in [3.05, 3.63) is 0 Å². The first-order valence-corrected chi connectivity index (χ1v) is 5.91. The van der Waals surface area contributed by atoms with Gasteiger partial charge in [0.15, 0.2) is 0 Å². The average Bonchev–Trinajstić information content (AvgIpc) is 2.98. The van der Waals surface area contributed by atoms with E-state index in [4.69, 9.17) is 4.74 Å². The van der Waals surface area contributed by atoms with E-state index in [1.54, 1.807) is 0 Å². The van der Waals surface area contributed by atoms with Crippen LogP contribution in [0.25, 0.3) is 0 Å². The highest BCUT2D eigenvalue weighted by Crippen LogP contribution is 2.49. The monoisotopic (exact) mass is 268 g/mol. The Morgan fingerprint density at radius 1 is 1.44 bits per heavy atom. The zero-order valence-corrected chi connectivity index (χ0v) is 9.70. The Kier molecular flexibility index (Phi) is 3.55. The minimum Gasteiger partial charge on any atom is -0.481 e. The van der Waals surface area contributed by atoms with Crippen LogP contribution in [-0.2, 0) is 14.3 Å². The lowest BCUT2D eigenvalue weighted by Crippen LogP contribution is -2.41. The van der Waals surface area contributed by atoms with E-state index in [0.29, 0.717) is 6.61 Å². The van der Waals surface area contributed by atoms with Crippen LogP contribution >= 0.6 is 0 Å². The molecule has 2 atom stereocenters. The van der Waals surface area contributed by atoms with Gasteiger partial charge in [0.05, 0.1) is 18.1 Å². The first-order valence-electron chi connectivity index (χ1n) is 5.91. The van der Waals surface area contributed by atoms with Crippen molar-refractivity contribution < 1.29 is 32.5 Å². The van der Waals surface area contributed by atoms with Gasteiger partial charge in [-0.15, -0.1) is 13.2 Å². The predicted octanol–water partition coefficient (Wildman–Crippen LogP) is 2.18. The van der Waals surface area contributed by atoms with E-state index in [2.05, 4.69) is 4.74 Å². The summed E-state index contributed by atoms with van der Waals surface area (Å²) in [5.41, 5.74) is -1.22. The summed E-state index contributed by atoms with van der Waals surface area (Å²) in [6.45, 7) is -0.345. The zero-order chi connectivity index (χ0) is 13.4. The molecule has 0 amide bonds. The van der Waals surface area contributed by atoms with Crippen LogP contribution in [0.2, 0.25) is 0 Å². The molecule has 0 spiro atoms. The standard InChI is InChI=1S/C11H15F3O4/c12-11(13,14)18-6-4-10(9(15)16)3-5-17-8(10)7-1-2-7/h7-8H,1-6H2,(H,15,16). The highest BCUT2D eigenvalue weighted by atomic mass is 19.4. The highest BCUT2D eigenvalue weighted by Gasteiger charge is 2.55. The fraction of sp³-hybridized carbons (Fsp3) is 0.909. The van der Waals surface area contributed by atoms with Crippen molar-refractivity contribution >= 4 is 5.97 Å². The number of alkyl halides is 3. The van der Waals surface area contributed by atoms with Crippen LogP contribution in [0, 0.1) is 11.3 Å². The summed E-state index contributed by atoms with van der Waals surface area (Å²) in [5.74, 6) is -0.905. The molecule has 104 valence electrons. The van der Waals surface area contributed by atoms with Crippen LogP contribution in [0.3, 0.4) is 0 Å². The molecule has 0 bridgehead atoms. The Morgan fingerprint density at radius 2 is 2.11 bits per heavy atom. The van der Waals surface area contributed by atoms with Gasteiger partial charge in [-0.25, -0.2) is 0 Å². The molecule has 1 saturated heterocycles. The van der Waals surface area contributed by atoms with Gasteiger partial charge in [0, 0.05) is 6.61 Å². The third-order valence-corrected chi connectivity index (χ3v) is 3.68. The van der Waals surface area contributed by atoms with Gasteiger partial charge in [-0.1, -0.05) is 0 Å². The molecule has 2 fully saturated rings. The fourth-order valence-electron chi connectivity index (χ4n) is 2.61. The van der Waals surface area contributed by atoms with E-state index in [0.717, 1.165) is 12.8 Å². The molecule has 4 nitrogen and oxygen atoms in total. The molecule has 0 aromatic heterocycles. The number of carbonyl (C=O) groups is 1. The molecule has 2 unspecified atom stereocenters. The molecule has 1 heterocycles. The average molecular weight is 268 g/mol. The van der Waals surface area contributed by atoms with Gasteiger partial charge >= 0.3 is 12.3 Å². The summed E-state index contributed by atoms with van der Waals surface area (Å²) in [4.78, 5) is 11.4. The lowest BCUT2D eigenvalue weighted by molar-refractivity contribution is -0.326. The Morgan fingerprint density at radius 3 is 2.61 bits per heavy atom. The van der Waals surface area contributed by atoms with Crippen molar-refractivity contribution in [3.8, 4) is 0 Å². The van der Waals surface area contributed by atoms with Crippen molar-refractivity contribution in [3.63, 3.8) is 0 Å².